The monoisotopic (exact) mass is 1340 g/mol. The average molecular weight is 1340 g/mol. The van der Waals surface area contributed by atoms with Crippen LogP contribution in [0.2, 0.25) is 0 Å². The Bertz CT molecular complexity index is 1450. The van der Waals surface area contributed by atoms with Crippen LogP contribution in [0.25, 0.3) is 0 Å². The molecule has 0 fully saturated rings. The van der Waals surface area contributed by atoms with Crippen molar-refractivity contribution in [3.05, 3.63) is 12.2 Å². The molecule has 0 radical (unpaired) electrons. The SMILES string of the molecule is CCCCCCCCCCCCCCCCCCCCCCC/C=C/C(O)C(CO)NC(=O)CCCCCCCCCCCCCCCCCCCCCCCCCCCCCCCCCCCCCCCOC(=O)CCCCCCCCCCCCCCCCCCCC. The van der Waals surface area contributed by atoms with Crippen molar-refractivity contribution >= 4 is 11.9 Å². The van der Waals surface area contributed by atoms with E-state index in [1.54, 1.807) is 6.08 Å². The van der Waals surface area contributed by atoms with E-state index < -0.39 is 12.1 Å². The number of esters is 1. The van der Waals surface area contributed by atoms with E-state index in [9.17, 15) is 19.8 Å². The molecule has 0 aliphatic heterocycles. The second-order valence-corrected chi connectivity index (χ2v) is 30.9. The highest BCUT2D eigenvalue weighted by Gasteiger charge is 2.18. The summed E-state index contributed by atoms with van der Waals surface area (Å²) in [4.78, 5) is 24.7. The zero-order valence-corrected chi connectivity index (χ0v) is 65.2. The number of nitrogens with one attached hydrogen (secondary N) is 1. The minimum Gasteiger partial charge on any atom is -0.466 e. The van der Waals surface area contributed by atoms with Gasteiger partial charge in [0, 0.05) is 12.8 Å². The van der Waals surface area contributed by atoms with Gasteiger partial charge in [-0.2, -0.15) is 0 Å². The molecule has 0 saturated carbocycles. The third-order valence-corrected chi connectivity index (χ3v) is 21.3. The van der Waals surface area contributed by atoms with Gasteiger partial charge < -0.3 is 20.3 Å². The van der Waals surface area contributed by atoms with E-state index >= 15 is 0 Å². The van der Waals surface area contributed by atoms with Gasteiger partial charge in [0.25, 0.3) is 0 Å². The van der Waals surface area contributed by atoms with Crippen LogP contribution in [-0.2, 0) is 14.3 Å². The fraction of sp³-hybridized carbons (Fsp3) is 0.955. The summed E-state index contributed by atoms with van der Waals surface area (Å²) in [5.41, 5.74) is 0. The summed E-state index contributed by atoms with van der Waals surface area (Å²) in [6.45, 7) is 4.98. The minimum absolute atomic E-state index is 0.0291. The predicted molar refractivity (Wildman–Crippen MR) is 421 cm³/mol. The van der Waals surface area contributed by atoms with E-state index in [4.69, 9.17) is 4.74 Å². The molecular weight excluding hydrogens is 1160 g/mol. The van der Waals surface area contributed by atoms with Gasteiger partial charge in [-0.3, -0.25) is 9.59 Å². The summed E-state index contributed by atoms with van der Waals surface area (Å²) >= 11 is 0. The summed E-state index contributed by atoms with van der Waals surface area (Å²) in [5, 5.41) is 23.3. The van der Waals surface area contributed by atoms with E-state index in [-0.39, 0.29) is 18.5 Å². The Balaban J connectivity index is 3.31. The third-order valence-electron chi connectivity index (χ3n) is 21.3. The van der Waals surface area contributed by atoms with Gasteiger partial charge in [0.15, 0.2) is 0 Å². The molecule has 2 unspecified atom stereocenters. The number of carbonyl (C=O) groups excluding carboxylic acids is 2. The topological polar surface area (TPSA) is 95.9 Å². The first-order valence-electron chi connectivity index (χ1n) is 44.5. The number of unbranched alkanes of at least 4 members (excludes halogenated alkanes) is 74. The lowest BCUT2D eigenvalue weighted by molar-refractivity contribution is -0.143. The van der Waals surface area contributed by atoms with Crippen LogP contribution in [0.3, 0.4) is 0 Å². The summed E-state index contributed by atoms with van der Waals surface area (Å²) in [6.07, 6.45) is 110. The number of rotatable bonds is 85. The molecule has 3 N–H and O–H groups in total. The molecule has 0 aromatic carbocycles. The number of aliphatic hydroxyl groups is 2. The Morgan fingerprint density at radius 3 is 0.716 bits per heavy atom. The smallest absolute Gasteiger partial charge is 0.305 e. The maximum absolute atomic E-state index is 12.6. The Morgan fingerprint density at radius 1 is 0.284 bits per heavy atom. The van der Waals surface area contributed by atoms with Gasteiger partial charge in [-0.25, -0.2) is 0 Å². The van der Waals surface area contributed by atoms with Gasteiger partial charge in [-0.15, -0.1) is 0 Å². The Morgan fingerprint density at radius 2 is 0.484 bits per heavy atom. The quantitative estimate of drug-likeness (QED) is 0.0320. The molecule has 566 valence electrons. The number of ether oxygens (including phenoxy) is 1. The van der Waals surface area contributed by atoms with Crippen molar-refractivity contribution in [2.45, 2.75) is 533 Å². The fourth-order valence-corrected chi connectivity index (χ4v) is 14.6. The van der Waals surface area contributed by atoms with Crippen molar-refractivity contribution in [3.8, 4) is 0 Å². The van der Waals surface area contributed by atoms with Gasteiger partial charge in [0.1, 0.15) is 0 Å². The molecule has 6 heteroatoms. The minimum atomic E-state index is -0.841. The lowest BCUT2D eigenvalue weighted by Gasteiger charge is -2.20. The van der Waals surface area contributed by atoms with Crippen molar-refractivity contribution in [2.75, 3.05) is 13.2 Å². The van der Waals surface area contributed by atoms with Crippen molar-refractivity contribution in [1.29, 1.82) is 0 Å². The highest BCUT2D eigenvalue weighted by Crippen LogP contribution is 2.21. The molecule has 0 aromatic rings. The van der Waals surface area contributed by atoms with Crippen molar-refractivity contribution in [1.82, 2.24) is 5.32 Å². The maximum atomic E-state index is 12.6. The number of carbonyl (C=O) groups is 2. The van der Waals surface area contributed by atoms with E-state index in [1.807, 2.05) is 6.08 Å². The van der Waals surface area contributed by atoms with Gasteiger partial charge in [-0.05, 0) is 32.1 Å². The molecule has 0 saturated heterocycles. The van der Waals surface area contributed by atoms with E-state index in [1.165, 1.54) is 456 Å². The lowest BCUT2D eigenvalue weighted by atomic mass is 10.0. The molecule has 95 heavy (non-hydrogen) atoms. The molecule has 0 bridgehead atoms. The number of amides is 1. The number of aliphatic hydroxyl groups excluding tert-OH is 2. The van der Waals surface area contributed by atoms with Crippen LogP contribution in [0.1, 0.15) is 521 Å². The summed E-state index contributed by atoms with van der Waals surface area (Å²) in [6, 6.07) is -0.624. The molecule has 1 amide bonds. The van der Waals surface area contributed by atoms with E-state index in [0.717, 1.165) is 38.5 Å². The van der Waals surface area contributed by atoms with Crippen molar-refractivity contribution < 1.29 is 24.5 Å². The normalized spacial score (nSPS) is 12.4. The van der Waals surface area contributed by atoms with Gasteiger partial charge >= 0.3 is 5.97 Å². The van der Waals surface area contributed by atoms with Crippen LogP contribution in [0.4, 0.5) is 0 Å². The predicted octanol–water partition coefficient (Wildman–Crippen LogP) is 29.8. The van der Waals surface area contributed by atoms with Crippen LogP contribution in [-0.4, -0.2) is 47.4 Å². The first-order valence-corrected chi connectivity index (χ1v) is 44.5. The van der Waals surface area contributed by atoms with Crippen molar-refractivity contribution in [2.24, 2.45) is 0 Å². The van der Waals surface area contributed by atoms with Crippen LogP contribution < -0.4 is 5.32 Å². The maximum Gasteiger partial charge on any atom is 0.305 e. The summed E-state index contributed by atoms with van der Waals surface area (Å²) < 4.78 is 5.53. The van der Waals surface area contributed by atoms with Crippen LogP contribution in [0.15, 0.2) is 12.2 Å². The Kier molecular flexibility index (Phi) is 83.8. The third kappa shape index (κ3) is 81.5. The molecule has 6 nitrogen and oxygen atoms in total. The van der Waals surface area contributed by atoms with Gasteiger partial charge in [0.2, 0.25) is 5.91 Å². The summed E-state index contributed by atoms with van der Waals surface area (Å²) in [7, 11) is 0. The molecule has 0 heterocycles. The lowest BCUT2D eigenvalue weighted by Crippen LogP contribution is -2.45. The summed E-state index contributed by atoms with van der Waals surface area (Å²) in [5.74, 6) is -0.0270. The molecule has 0 aromatic heterocycles. The zero-order valence-electron chi connectivity index (χ0n) is 65.2. The average Bonchev–Trinajstić information content (AvgIpc) is 3.31. The number of hydrogen-bond donors (Lipinski definition) is 3. The first kappa shape index (κ1) is 93.6. The van der Waals surface area contributed by atoms with Crippen LogP contribution in [0, 0.1) is 0 Å². The van der Waals surface area contributed by atoms with Crippen LogP contribution >= 0.6 is 0 Å². The highest BCUT2D eigenvalue weighted by atomic mass is 16.5. The van der Waals surface area contributed by atoms with Crippen molar-refractivity contribution in [3.63, 3.8) is 0 Å². The second kappa shape index (κ2) is 85.0. The van der Waals surface area contributed by atoms with Gasteiger partial charge in [0.05, 0.1) is 25.4 Å². The largest absolute Gasteiger partial charge is 0.466 e. The number of allylic oxidation sites excluding steroid dienone is 1. The molecule has 0 aliphatic carbocycles. The molecule has 2 atom stereocenters. The molecule has 0 spiro atoms. The number of hydrogen-bond acceptors (Lipinski definition) is 5. The van der Waals surface area contributed by atoms with Gasteiger partial charge in [-0.1, -0.05) is 488 Å². The second-order valence-electron chi connectivity index (χ2n) is 30.9. The molecular formula is C89H175NO5. The van der Waals surface area contributed by atoms with Crippen LogP contribution in [0.5, 0.6) is 0 Å². The molecule has 0 rings (SSSR count). The Labute approximate surface area is 597 Å². The first-order chi connectivity index (χ1) is 47.0. The highest BCUT2D eigenvalue weighted by molar-refractivity contribution is 5.76. The van der Waals surface area contributed by atoms with E-state index in [0.29, 0.717) is 19.4 Å². The molecule has 0 aliphatic rings. The zero-order chi connectivity index (χ0) is 68.4. The van der Waals surface area contributed by atoms with E-state index in [2.05, 4.69) is 19.2 Å². The standard InChI is InChI=1S/C89H175NO5/c1-3-5-7-9-11-13-15-17-19-21-23-24-40-43-46-49-53-57-61-65-69-73-77-81-87(92)86(85-91)90-88(93)82-78-74-70-66-62-58-54-50-47-44-41-38-36-34-32-30-28-26-25-27-29-31-33-35-37-39-42-45-48-52-56-60-64-68-72-76-80-84-95-89(94)83-79-75-71-67-63-59-55-51-22-20-18-16-14-12-10-8-6-4-2/h77,81,86-87,91-92H,3-76,78-80,82-85H2,1-2H3,(H,90,93)/b81-77+. The fourth-order valence-electron chi connectivity index (χ4n) is 14.6. The Hall–Kier alpha value is -1.40.